The van der Waals surface area contributed by atoms with Crippen molar-refractivity contribution in [2.45, 2.75) is 65.5 Å². The lowest BCUT2D eigenvalue weighted by atomic mass is 9.93. The number of halogens is 1. The molecular formula is C22H35IN6S. The van der Waals surface area contributed by atoms with Gasteiger partial charge in [0.25, 0.3) is 0 Å². The Bertz CT molecular complexity index is 804. The largest absolute Gasteiger partial charge is 0.357 e. The van der Waals surface area contributed by atoms with E-state index in [0.29, 0.717) is 12.6 Å². The van der Waals surface area contributed by atoms with Gasteiger partial charge in [-0.05, 0) is 38.3 Å². The fourth-order valence-corrected chi connectivity index (χ4v) is 4.23. The minimum Gasteiger partial charge on any atom is -0.357 e. The third-order valence-electron chi connectivity index (χ3n) is 5.09. The van der Waals surface area contributed by atoms with Gasteiger partial charge in [-0.2, -0.15) is 0 Å². The van der Waals surface area contributed by atoms with Crippen molar-refractivity contribution < 1.29 is 0 Å². The number of hydrogen-bond acceptors (Lipinski definition) is 5. The molecule has 2 aromatic rings. The molecule has 3 rings (SSSR count). The highest BCUT2D eigenvalue weighted by molar-refractivity contribution is 14.0. The molecule has 0 saturated carbocycles. The second-order valence-electron chi connectivity index (χ2n) is 8.67. The molecule has 0 radical (unpaired) electrons. The quantitative estimate of drug-likeness (QED) is 0.331. The van der Waals surface area contributed by atoms with E-state index in [4.69, 9.17) is 9.98 Å². The zero-order valence-electron chi connectivity index (χ0n) is 18.7. The Morgan fingerprint density at radius 1 is 1.27 bits per heavy atom. The van der Waals surface area contributed by atoms with Gasteiger partial charge < -0.3 is 15.5 Å². The summed E-state index contributed by atoms with van der Waals surface area (Å²) < 4.78 is 0. The maximum Gasteiger partial charge on any atom is 0.191 e. The van der Waals surface area contributed by atoms with Crippen LogP contribution in [-0.2, 0) is 12.0 Å². The number of rotatable bonds is 5. The topological polar surface area (TPSA) is 65.4 Å². The van der Waals surface area contributed by atoms with E-state index in [-0.39, 0.29) is 29.4 Å². The van der Waals surface area contributed by atoms with Crippen LogP contribution in [0.15, 0.2) is 28.7 Å². The van der Waals surface area contributed by atoms with Gasteiger partial charge in [0, 0.05) is 42.7 Å². The number of aromatic nitrogens is 2. The van der Waals surface area contributed by atoms with Gasteiger partial charge in [-0.15, -0.1) is 35.3 Å². The zero-order chi connectivity index (χ0) is 20.9. The molecule has 0 atom stereocenters. The molecule has 0 unspecified atom stereocenters. The number of nitrogens with zero attached hydrogens (tertiary/aromatic N) is 4. The summed E-state index contributed by atoms with van der Waals surface area (Å²) in [5.41, 5.74) is 2.43. The molecule has 0 amide bonds. The highest BCUT2D eigenvalue weighted by atomic mass is 127. The van der Waals surface area contributed by atoms with Crippen LogP contribution in [0.1, 0.15) is 56.8 Å². The highest BCUT2D eigenvalue weighted by Crippen LogP contribution is 2.24. The number of hydrogen-bond donors (Lipinski definition) is 2. The molecule has 30 heavy (non-hydrogen) atoms. The number of anilines is 1. The van der Waals surface area contributed by atoms with E-state index in [1.54, 1.807) is 11.3 Å². The zero-order valence-corrected chi connectivity index (χ0v) is 21.9. The monoisotopic (exact) mass is 542 g/mol. The second kappa shape index (κ2) is 11.3. The molecule has 0 spiro atoms. The Kier molecular flexibility index (Phi) is 9.33. The van der Waals surface area contributed by atoms with Gasteiger partial charge in [0.05, 0.1) is 12.2 Å². The van der Waals surface area contributed by atoms with Crippen LogP contribution in [0, 0.1) is 6.92 Å². The van der Waals surface area contributed by atoms with E-state index < -0.39 is 0 Å². The van der Waals surface area contributed by atoms with Gasteiger partial charge in [-0.3, -0.25) is 0 Å². The third-order valence-corrected chi connectivity index (χ3v) is 5.93. The summed E-state index contributed by atoms with van der Waals surface area (Å²) in [6.45, 7) is 14.2. The normalized spacial score (nSPS) is 15.6. The summed E-state index contributed by atoms with van der Waals surface area (Å²) in [6.07, 6.45) is 4.09. The standard InChI is InChI=1S/C22H34N6S.HI/c1-6-23-21(25-14-20-27-18(15-29-20)22(3,4)5)26-17-9-11-28(12-10-17)19-8-7-16(2)13-24-19;/h7-8,13,15,17H,6,9-12,14H2,1-5H3,(H2,23,25,26);1H. The number of pyridine rings is 1. The number of aliphatic imine (C=N–C) groups is 1. The number of guanidine groups is 1. The van der Waals surface area contributed by atoms with Crippen molar-refractivity contribution in [2.75, 3.05) is 24.5 Å². The summed E-state index contributed by atoms with van der Waals surface area (Å²) in [5, 5.41) is 10.2. The van der Waals surface area contributed by atoms with Crippen molar-refractivity contribution in [2.24, 2.45) is 4.99 Å². The van der Waals surface area contributed by atoms with Crippen LogP contribution in [0.2, 0.25) is 0 Å². The lowest BCUT2D eigenvalue weighted by Crippen LogP contribution is -2.48. The Morgan fingerprint density at radius 2 is 2.00 bits per heavy atom. The molecule has 2 N–H and O–H groups in total. The van der Waals surface area contributed by atoms with Gasteiger partial charge in [0.1, 0.15) is 10.8 Å². The Hall–Kier alpha value is -1.42. The fraction of sp³-hybridized carbons (Fsp3) is 0.591. The number of thiazole rings is 1. The molecule has 1 aliphatic heterocycles. The maximum atomic E-state index is 4.78. The molecule has 3 heterocycles. The molecule has 0 aromatic carbocycles. The average Bonchev–Trinajstić information content (AvgIpc) is 3.17. The third kappa shape index (κ3) is 7.08. The van der Waals surface area contributed by atoms with E-state index in [9.17, 15) is 0 Å². The maximum absolute atomic E-state index is 4.78. The van der Waals surface area contributed by atoms with Crippen molar-refractivity contribution in [3.8, 4) is 0 Å². The van der Waals surface area contributed by atoms with Crippen molar-refractivity contribution in [3.63, 3.8) is 0 Å². The summed E-state index contributed by atoms with van der Waals surface area (Å²) >= 11 is 1.69. The Morgan fingerprint density at radius 3 is 2.57 bits per heavy atom. The fourth-order valence-electron chi connectivity index (χ4n) is 3.29. The molecule has 0 aliphatic carbocycles. The molecule has 6 nitrogen and oxygen atoms in total. The SMILES string of the molecule is CCNC(=NCc1nc(C(C)(C)C)cs1)NC1CCN(c2ccc(C)cn2)CC1.I. The first kappa shape index (κ1) is 24.8. The Balaban J connectivity index is 0.00000320. The van der Waals surface area contributed by atoms with E-state index in [2.05, 4.69) is 72.6 Å². The minimum absolute atomic E-state index is 0. The molecule has 0 bridgehead atoms. The van der Waals surface area contributed by atoms with Gasteiger partial charge >= 0.3 is 0 Å². The predicted octanol–water partition coefficient (Wildman–Crippen LogP) is 4.49. The van der Waals surface area contributed by atoms with Crippen LogP contribution < -0.4 is 15.5 Å². The molecule has 1 aliphatic rings. The highest BCUT2D eigenvalue weighted by Gasteiger charge is 2.21. The molecule has 8 heteroatoms. The van der Waals surface area contributed by atoms with Crippen molar-refractivity contribution in [1.82, 2.24) is 20.6 Å². The first-order valence-corrected chi connectivity index (χ1v) is 11.4. The second-order valence-corrected chi connectivity index (χ2v) is 9.61. The minimum atomic E-state index is 0. The predicted molar refractivity (Wildman–Crippen MR) is 138 cm³/mol. The Labute approximate surface area is 202 Å². The van der Waals surface area contributed by atoms with Gasteiger partial charge in [0.2, 0.25) is 0 Å². The van der Waals surface area contributed by atoms with Crippen LogP contribution in [0.3, 0.4) is 0 Å². The summed E-state index contributed by atoms with van der Waals surface area (Å²) in [4.78, 5) is 16.5. The van der Waals surface area contributed by atoms with Gasteiger partial charge in [-0.25, -0.2) is 15.0 Å². The van der Waals surface area contributed by atoms with Crippen LogP contribution in [0.5, 0.6) is 0 Å². The average molecular weight is 543 g/mol. The lowest BCUT2D eigenvalue weighted by Gasteiger charge is -2.33. The van der Waals surface area contributed by atoms with Crippen molar-refractivity contribution >= 4 is 47.1 Å². The molecule has 1 fully saturated rings. The smallest absolute Gasteiger partial charge is 0.191 e. The van der Waals surface area contributed by atoms with Crippen molar-refractivity contribution in [1.29, 1.82) is 0 Å². The number of nitrogens with one attached hydrogen (secondary N) is 2. The summed E-state index contributed by atoms with van der Waals surface area (Å²) in [6, 6.07) is 4.68. The van der Waals surface area contributed by atoms with Crippen molar-refractivity contribution in [3.05, 3.63) is 40.0 Å². The first-order valence-electron chi connectivity index (χ1n) is 10.5. The number of aryl methyl sites for hydroxylation is 1. The van der Waals surface area contributed by atoms with E-state index in [1.807, 2.05) is 6.20 Å². The van der Waals surface area contributed by atoms with E-state index in [0.717, 1.165) is 55.0 Å². The summed E-state index contributed by atoms with van der Waals surface area (Å²) in [7, 11) is 0. The first-order chi connectivity index (χ1) is 13.8. The lowest BCUT2D eigenvalue weighted by molar-refractivity contribution is 0.459. The van der Waals surface area contributed by atoms with E-state index in [1.165, 1.54) is 5.56 Å². The molecule has 2 aromatic heterocycles. The van der Waals surface area contributed by atoms with Crippen LogP contribution >= 0.6 is 35.3 Å². The summed E-state index contributed by atoms with van der Waals surface area (Å²) in [5.74, 6) is 1.96. The van der Waals surface area contributed by atoms with E-state index >= 15 is 0 Å². The molecule has 1 saturated heterocycles. The van der Waals surface area contributed by atoms with Crippen LogP contribution in [-0.4, -0.2) is 41.6 Å². The molecular weight excluding hydrogens is 507 g/mol. The van der Waals surface area contributed by atoms with Gasteiger partial charge in [0.15, 0.2) is 5.96 Å². The van der Waals surface area contributed by atoms with Crippen LogP contribution in [0.25, 0.3) is 0 Å². The molecule has 166 valence electrons. The van der Waals surface area contributed by atoms with Gasteiger partial charge in [-0.1, -0.05) is 26.8 Å². The number of piperidine rings is 1. The van der Waals surface area contributed by atoms with Crippen LogP contribution in [0.4, 0.5) is 5.82 Å².